The van der Waals surface area contributed by atoms with Crippen molar-refractivity contribution in [2.24, 2.45) is 5.92 Å². The summed E-state index contributed by atoms with van der Waals surface area (Å²) in [7, 11) is 0. The minimum Gasteiger partial charge on any atom is -0.314 e. The second kappa shape index (κ2) is 7.66. The van der Waals surface area contributed by atoms with Gasteiger partial charge in [0, 0.05) is 15.5 Å². The predicted molar refractivity (Wildman–Crippen MR) is 86.9 cm³/mol. The lowest BCUT2D eigenvalue weighted by Crippen LogP contribution is -2.36. The molecule has 0 aliphatic heterocycles. The van der Waals surface area contributed by atoms with Gasteiger partial charge in [-0.3, -0.25) is 0 Å². The maximum Gasteiger partial charge on any atom is 0.0449 e. The summed E-state index contributed by atoms with van der Waals surface area (Å²) in [6, 6.07) is 6.93. The lowest BCUT2D eigenvalue weighted by atomic mass is 9.88. The summed E-state index contributed by atoms with van der Waals surface area (Å²) in [6.07, 6.45) is 7.84. The molecule has 1 aromatic carbocycles. The van der Waals surface area contributed by atoms with Crippen LogP contribution in [0, 0.1) is 5.92 Å². The normalized spacial score (nSPS) is 24.2. The van der Waals surface area contributed by atoms with Gasteiger partial charge < -0.3 is 5.32 Å². The molecule has 19 heavy (non-hydrogen) atoms. The third-order valence-electron chi connectivity index (χ3n) is 4.12. The molecule has 1 fully saturated rings. The molecule has 2 atom stereocenters. The molecule has 1 N–H and O–H groups in total. The van der Waals surface area contributed by atoms with Crippen LogP contribution in [0.4, 0.5) is 0 Å². The smallest absolute Gasteiger partial charge is 0.0449 e. The molecular formula is C16H23BrClN. The molecule has 0 amide bonds. The monoisotopic (exact) mass is 343 g/mol. The third kappa shape index (κ3) is 4.47. The van der Waals surface area contributed by atoms with Gasteiger partial charge in [-0.2, -0.15) is 0 Å². The fraction of sp³-hybridized carbons (Fsp3) is 0.625. The van der Waals surface area contributed by atoms with Gasteiger partial charge in [0.25, 0.3) is 0 Å². The van der Waals surface area contributed by atoms with E-state index in [-0.39, 0.29) is 0 Å². The SMILES string of the molecule is CCNC1CCCCCC1Cc1ccc(Br)cc1Cl. The quantitative estimate of drug-likeness (QED) is 0.740. The van der Waals surface area contributed by atoms with Crippen molar-refractivity contribution in [3.63, 3.8) is 0 Å². The van der Waals surface area contributed by atoms with Crippen molar-refractivity contribution in [3.8, 4) is 0 Å². The highest BCUT2D eigenvalue weighted by Gasteiger charge is 2.23. The van der Waals surface area contributed by atoms with E-state index in [0.29, 0.717) is 6.04 Å². The molecule has 1 nitrogen and oxygen atoms in total. The van der Waals surface area contributed by atoms with Crippen molar-refractivity contribution in [2.75, 3.05) is 6.54 Å². The summed E-state index contributed by atoms with van der Waals surface area (Å²) >= 11 is 9.84. The predicted octanol–water partition coefficient (Wildman–Crippen LogP) is 5.20. The van der Waals surface area contributed by atoms with Gasteiger partial charge >= 0.3 is 0 Å². The molecule has 0 heterocycles. The summed E-state index contributed by atoms with van der Waals surface area (Å²) in [6.45, 7) is 3.27. The van der Waals surface area contributed by atoms with Gasteiger partial charge in [-0.15, -0.1) is 0 Å². The third-order valence-corrected chi connectivity index (χ3v) is 4.97. The first-order valence-corrected chi connectivity index (χ1v) is 8.55. The van der Waals surface area contributed by atoms with Crippen molar-refractivity contribution in [3.05, 3.63) is 33.3 Å². The van der Waals surface area contributed by atoms with Crippen LogP contribution in [0.2, 0.25) is 5.02 Å². The fourth-order valence-electron chi connectivity index (χ4n) is 3.13. The summed E-state index contributed by atoms with van der Waals surface area (Å²) in [5, 5.41) is 4.57. The second-order valence-electron chi connectivity index (χ2n) is 5.50. The number of hydrogen-bond donors (Lipinski definition) is 1. The van der Waals surface area contributed by atoms with E-state index >= 15 is 0 Å². The molecule has 3 heteroatoms. The molecule has 2 rings (SSSR count). The molecule has 1 aliphatic rings. The lowest BCUT2D eigenvalue weighted by Gasteiger charge is -2.26. The van der Waals surface area contributed by atoms with Crippen LogP contribution in [0.15, 0.2) is 22.7 Å². The van der Waals surface area contributed by atoms with Gasteiger partial charge in [-0.25, -0.2) is 0 Å². The Balaban J connectivity index is 2.09. The zero-order valence-corrected chi connectivity index (χ0v) is 13.9. The Kier molecular flexibility index (Phi) is 6.18. The first-order chi connectivity index (χ1) is 9.20. The number of benzene rings is 1. The van der Waals surface area contributed by atoms with Crippen LogP contribution in [0.3, 0.4) is 0 Å². The summed E-state index contributed by atoms with van der Waals surface area (Å²) < 4.78 is 1.06. The van der Waals surface area contributed by atoms with E-state index in [2.05, 4.69) is 40.3 Å². The van der Waals surface area contributed by atoms with E-state index in [0.717, 1.165) is 28.4 Å². The Labute approximate surface area is 130 Å². The highest BCUT2D eigenvalue weighted by atomic mass is 79.9. The van der Waals surface area contributed by atoms with E-state index in [4.69, 9.17) is 11.6 Å². The van der Waals surface area contributed by atoms with Gasteiger partial charge in [-0.1, -0.05) is 59.8 Å². The number of nitrogens with one attached hydrogen (secondary N) is 1. The number of halogens is 2. The van der Waals surface area contributed by atoms with Crippen molar-refractivity contribution in [2.45, 2.75) is 51.5 Å². The van der Waals surface area contributed by atoms with Crippen LogP contribution in [0.1, 0.15) is 44.6 Å². The molecule has 0 radical (unpaired) electrons. The van der Waals surface area contributed by atoms with E-state index < -0.39 is 0 Å². The molecular weight excluding hydrogens is 322 g/mol. The topological polar surface area (TPSA) is 12.0 Å². The van der Waals surface area contributed by atoms with Gasteiger partial charge in [0.15, 0.2) is 0 Å². The Bertz CT molecular complexity index is 408. The average Bonchev–Trinajstić information content (AvgIpc) is 2.59. The maximum atomic E-state index is 6.36. The minimum absolute atomic E-state index is 0.659. The largest absolute Gasteiger partial charge is 0.314 e. The highest BCUT2D eigenvalue weighted by Crippen LogP contribution is 2.30. The van der Waals surface area contributed by atoms with Gasteiger partial charge in [0.1, 0.15) is 0 Å². The van der Waals surface area contributed by atoms with Crippen molar-refractivity contribution in [1.82, 2.24) is 5.32 Å². The fourth-order valence-corrected chi connectivity index (χ4v) is 3.88. The van der Waals surface area contributed by atoms with Crippen LogP contribution in [-0.4, -0.2) is 12.6 Å². The molecule has 1 aliphatic carbocycles. The molecule has 0 spiro atoms. The molecule has 0 bridgehead atoms. The molecule has 1 aromatic rings. The molecule has 1 saturated carbocycles. The average molecular weight is 345 g/mol. The van der Waals surface area contributed by atoms with Crippen molar-refractivity contribution in [1.29, 1.82) is 0 Å². The Morgan fingerprint density at radius 3 is 2.79 bits per heavy atom. The zero-order chi connectivity index (χ0) is 13.7. The summed E-state index contributed by atoms with van der Waals surface area (Å²) in [4.78, 5) is 0. The first-order valence-electron chi connectivity index (χ1n) is 7.38. The molecule has 2 unspecified atom stereocenters. The van der Waals surface area contributed by atoms with Gasteiger partial charge in [0.05, 0.1) is 0 Å². The first kappa shape index (κ1) is 15.3. The van der Waals surface area contributed by atoms with E-state index in [1.54, 1.807) is 0 Å². The van der Waals surface area contributed by atoms with Crippen molar-refractivity contribution < 1.29 is 0 Å². The van der Waals surface area contributed by atoms with Gasteiger partial charge in [0.2, 0.25) is 0 Å². The second-order valence-corrected chi connectivity index (χ2v) is 6.82. The van der Waals surface area contributed by atoms with Crippen molar-refractivity contribution >= 4 is 27.5 Å². The van der Waals surface area contributed by atoms with Crippen LogP contribution >= 0.6 is 27.5 Å². The van der Waals surface area contributed by atoms with Crippen LogP contribution in [0.5, 0.6) is 0 Å². The Morgan fingerprint density at radius 1 is 1.26 bits per heavy atom. The van der Waals surface area contributed by atoms with Crippen LogP contribution in [-0.2, 0) is 6.42 Å². The van der Waals surface area contributed by atoms with Crippen LogP contribution in [0.25, 0.3) is 0 Å². The molecule has 0 saturated heterocycles. The lowest BCUT2D eigenvalue weighted by molar-refractivity contribution is 0.337. The summed E-state index contributed by atoms with van der Waals surface area (Å²) in [5.74, 6) is 0.723. The Morgan fingerprint density at radius 2 is 2.05 bits per heavy atom. The standard InChI is InChI=1S/C16H23BrClN/c1-2-19-16-7-5-3-4-6-13(16)10-12-8-9-14(17)11-15(12)18/h8-9,11,13,16,19H,2-7,10H2,1H3. The van der Waals surface area contributed by atoms with E-state index in [1.807, 2.05) is 6.07 Å². The van der Waals surface area contributed by atoms with Crippen LogP contribution < -0.4 is 5.32 Å². The maximum absolute atomic E-state index is 6.36. The van der Waals surface area contributed by atoms with Gasteiger partial charge in [-0.05, 0) is 49.4 Å². The van der Waals surface area contributed by atoms with E-state index in [9.17, 15) is 0 Å². The highest BCUT2D eigenvalue weighted by molar-refractivity contribution is 9.10. The molecule has 0 aromatic heterocycles. The molecule has 106 valence electrons. The summed E-state index contributed by atoms with van der Waals surface area (Å²) in [5.41, 5.74) is 1.29. The zero-order valence-electron chi connectivity index (χ0n) is 11.6. The number of rotatable bonds is 4. The van der Waals surface area contributed by atoms with E-state index in [1.165, 1.54) is 37.7 Å². The Hall–Kier alpha value is -0.0500. The minimum atomic E-state index is 0.659. The number of hydrogen-bond acceptors (Lipinski definition) is 1.